The van der Waals surface area contributed by atoms with E-state index in [4.69, 9.17) is 5.73 Å². The number of amides is 2. The minimum atomic E-state index is -0.259. The molecule has 0 saturated carbocycles. The van der Waals surface area contributed by atoms with Crippen molar-refractivity contribution in [3.63, 3.8) is 0 Å². The number of halogens is 1. The van der Waals surface area contributed by atoms with Crippen LogP contribution in [0.1, 0.15) is 10.4 Å². The smallest absolute Gasteiger partial charge is 0.258 e. The van der Waals surface area contributed by atoms with Gasteiger partial charge in [-0.25, -0.2) is 0 Å². The van der Waals surface area contributed by atoms with Crippen molar-refractivity contribution >= 4 is 44.8 Å². The third-order valence-electron chi connectivity index (χ3n) is 3.18. The summed E-state index contributed by atoms with van der Waals surface area (Å²) in [4.78, 5) is 25.9. The molecule has 106 valence electrons. The second-order valence-electron chi connectivity index (χ2n) is 4.73. The maximum Gasteiger partial charge on any atom is 0.258 e. The molecule has 3 rings (SSSR count). The lowest BCUT2D eigenvalue weighted by atomic mass is 10.1. The Bertz CT molecular complexity index is 725. The van der Waals surface area contributed by atoms with E-state index >= 15 is 0 Å². The number of nitrogens with one attached hydrogen (secondary N) is 1. The molecule has 0 atom stereocenters. The van der Waals surface area contributed by atoms with Crippen LogP contribution < -0.4 is 16.0 Å². The van der Waals surface area contributed by atoms with Gasteiger partial charge >= 0.3 is 0 Å². The fourth-order valence-corrected chi connectivity index (χ4v) is 2.82. The summed E-state index contributed by atoms with van der Waals surface area (Å²) in [6, 6.07) is 12.2. The molecule has 1 aliphatic heterocycles. The molecule has 0 aliphatic carbocycles. The summed E-state index contributed by atoms with van der Waals surface area (Å²) >= 11 is 3.32. The van der Waals surface area contributed by atoms with Crippen LogP contribution in [0, 0.1) is 0 Å². The predicted octanol–water partition coefficient (Wildman–Crippen LogP) is 2.63. The van der Waals surface area contributed by atoms with Gasteiger partial charge in [-0.2, -0.15) is 0 Å². The van der Waals surface area contributed by atoms with E-state index in [9.17, 15) is 9.59 Å². The molecular weight excluding hydrogens is 334 g/mol. The molecule has 2 aromatic rings. The number of carbonyl (C=O) groups excluding carboxylic acids is 2. The van der Waals surface area contributed by atoms with Gasteiger partial charge in [-0.15, -0.1) is 0 Å². The molecule has 21 heavy (non-hydrogen) atoms. The maximum absolute atomic E-state index is 12.7. The lowest BCUT2D eigenvalue weighted by molar-refractivity contribution is -0.115. The van der Waals surface area contributed by atoms with Crippen molar-refractivity contribution in [2.45, 2.75) is 0 Å². The molecule has 2 aromatic carbocycles. The van der Waals surface area contributed by atoms with Crippen LogP contribution >= 0.6 is 15.9 Å². The average molecular weight is 346 g/mol. The molecule has 1 heterocycles. The quantitative estimate of drug-likeness (QED) is 0.780. The summed E-state index contributed by atoms with van der Waals surface area (Å²) in [5, 5.41) is 2.75. The van der Waals surface area contributed by atoms with E-state index in [2.05, 4.69) is 21.2 Å². The first kappa shape index (κ1) is 13.6. The van der Waals surface area contributed by atoms with E-state index in [1.165, 1.54) is 4.90 Å². The first-order valence-electron chi connectivity index (χ1n) is 6.31. The average Bonchev–Trinajstić information content (AvgIpc) is 2.44. The molecular formula is C15H12BrN3O2. The SMILES string of the molecule is Nc1cc(Br)cc(C(=O)N2CC(=O)Nc3ccccc32)c1. The molecule has 3 N–H and O–H groups in total. The summed E-state index contributed by atoms with van der Waals surface area (Å²) in [6.45, 7) is -0.0116. The summed E-state index contributed by atoms with van der Waals surface area (Å²) in [5.74, 6) is -0.477. The molecule has 0 saturated heterocycles. The van der Waals surface area contributed by atoms with Crippen LogP contribution in [0.15, 0.2) is 46.9 Å². The fraction of sp³-hybridized carbons (Fsp3) is 0.0667. The van der Waals surface area contributed by atoms with Crippen molar-refractivity contribution in [1.29, 1.82) is 0 Å². The number of hydrogen-bond acceptors (Lipinski definition) is 3. The largest absolute Gasteiger partial charge is 0.399 e. The van der Waals surface area contributed by atoms with Gasteiger partial charge in [0.15, 0.2) is 0 Å². The van der Waals surface area contributed by atoms with Gasteiger partial charge in [0.05, 0.1) is 11.4 Å². The van der Waals surface area contributed by atoms with Crippen molar-refractivity contribution in [2.75, 3.05) is 22.5 Å². The number of nitrogens with two attached hydrogens (primary N) is 1. The Morgan fingerprint density at radius 2 is 2.00 bits per heavy atom. The number of para-hydroxylation sites is 2. The van der Waals surface area contributed by atoms with Gasteiger partial charge in [-0.05, 0) is 30.3 Å². The fourth-order valence-electron chi connectivity index (χ4n) is 2.31. The second-order valence-corrected chi connectivity index (χ2v) is 5.65. The van der Waals surface area contributed by atoms with Crippen LogP contribution in [-0.2, 0) is 4.79 Å². The van der Waals surface area contributed by atoms with Gasteiger partial charge in [0.1, 0.15) is 6.54 Å². The molecule has 0 unspecified atom stereocenters. The molecule has 6 heteroatoms. The first-order chi connectivity index (χ1) is 10.0. The number of fused-ring (bicyclic) bond motifs is 1. The number of nitrogens with zero attached hydrogens (tertiary/aromatic N) is 1. The number of benzene rings is 2. The van der Waals surface area contributed by atoms with E-state index in [-0.39, 0.29) is 18.4 Å². The third-order valence-corrected chi connectivity index (χ3v) is 3.64. The van der Waals surface area contributed by atoms with Crippen molar-refractivity contribution in [2.24, 2.45) is 0 Å². The molecule has 1 aliphatic rings. The van der Waals surface area contributed by atoms with Crippen LogP contribution in [0.3, 0.4) is 0 Å². The number of rotatable bonds is 1. The van der Waals surface area contributed by atoms with E-state index in [0.717, 1.165) is 4.47 Å². The van der Waals surface area contributed by atoms with E-state index < -0.39 is 0 Å². The highest BCUT2D eigenvalue weighted by molar-refractivity contribution is 9.10. The highest BCUT2D eigenvalue weighted by Gasteiger charge is 2.27. The Labute approximate surface area is 129 Å². The lowest BCUT2D eigenvalue weighted by Crippen LogP contribution is -2.42. The molecule has 0 radical (unpaired) electrons. The lowest BCUT2D eigenvalue weighted by Gasteiger charge is -2.29. The molecule has 0 fully saturated rings. The van der Waals surface area contributed by atoms with E-state index in [1.807, 2.05) is 12.1 Å². The standard InChI is InChI=1S/C15H12BrN3O2/c16-10-5-9(6-11(17)7-10)15(21)19-8-14(20)18-12-3-1-2-4-13(12)19/h1-7H,8,17H2,(H,18,20). The van der Waals surface area contributed by atoms with E-state index in [0.29, 0.717) is 22.6 Å². The summed E-state index contributed by atoms with van der Waals surface area (Å²) in [7, 11) is 0. The van der Waals surface area contributed by atoms with Crippen LogP contribution in [0.5, 0.6) is 0 Å². The molecule has 2 amide bonds. The Hall–Kier alpha value is -2.34. The van der Waals surface area contributed by atoms with Crippen LogP contribution in [0.2, 0.25) is 0 Å². The van der Waals surface area contributed by atoms with Gasteiger partial charge in [0.2, 0.25) is 5.91 Å². The Morgan fingerprint density at radius 1 is 1.24 bits per heavy atom. The third kappa shape index (κ3) is 2.62. The molecule has 0 spiro atoms. The summed E-state index contributed by atoms with van der Waals surface area (Å²) in [6.07, 6.45) is 0. The van der Waals surface area contributed by atoms with Crippen LogP contribution in [0.25, 0.3) is 0 Å². The predicted molar refractivity (Wildman–Crippen MR) is 85.3 cm³/mol. The van der Waals surface area contributed by atoms with Gasteiger partial charge < -0.3 is 11.1 Å². The summed E-state index contributed by atoms with van der Waals surface area (Å²) in [5.41, 5.74) is 8.00. The van der Waals surface area contributed by atoms with Gasteiger partial charge in [-0.3, -0.25) is 14.5 Å². The Morgan fingerprint density at radius 3 is 2.76 bits per heavy atom. The van der Waals surface area contributed by atoms with Crippen molar-refractivity contribution in [3.8, 4) is 0 Å². The molecule has 0 aromatic heterocycles. The second kappa shape index (κ2) is 5.21. The first-order valence-corrected chi connectivity index (χ1v) is 7.11. The minimum absolute atomic E-state index is 0.0116. The normalized spacial score (nSPS) is 13.6. The van der Waals surface area contributed by atoms with Crippen molar-refractivity contribution in [3.05, 3.63) is 52.5 Å². The van der Waals surface area contributed by atoms with Gasteiger partial charge in [0.25, 0.3) is 5.91 Å². The highest BCUT2D eigenvalue weighted by atomic mass is 79.9. The number of hydrogen-bond donors (Lipinski definition) is 2. The number of nitrogen functional groups attached to an aromatic ring is 1. The number of anilines is 3. The Kier molecular flexibility index (Phi) is 3.39. The van der Waals surface area contributed by atoms with Crippen molar-refractivity contribution in [1.82, 2.24) is 0 Å². The molecule has 5 nitrogen and oxygen atoms in total. The zero-order chi connectivity index (χ0) is 15.0. The zero-order valence-corrected chi connectivity index (χ0v) is 12.6. The Balaban J connectivity index is 2.03. The number of carbonyl (C=O) groups is 2. The van der Waals surface area contributed by atoms with Crippen molar-refractivity contribution < 1.29 is 9.59 Å². The topological polar surface area (TPSA) is 75.4 Å². The zero-order valence-electron chi connectivity index (χ0n) is 11.0. The summed E-state index contributed by atoms with van der Waals surface area (Å²) < 4.78 is 0.723. The monoisotopic (exact) mass is 345 g/mol. The highest BCUT2D eigenvalue weighted by Crippen LogP contribution is 2.30. The molecule has 0 bridgehead atoms. The minimum Gasteiger partial charge on any atom is -0.399 e. The van der Waals surface area contributed by atoms with Crippen LogP contribution in [0.4, 0.5) is 17.1 Å². The van der Waals surface area contributed by atoms with E-state index in [1.54, 1.807) is 30.3 Å². The van der Waals surface area contributed by atoms with Gasteiger partial charge in [-0.1, -0.05) is 28.1 Å². The van der Waals surface area contributed by atoms with Gasteiger partial charge in [0, 0.05) is 15.7 Å². The van der Waals surface area contributed by atoms with Crippen LogP contribution in [-0.4, -0.2) is 18.4 Å². The maximum atomic E-state index is 12.7.